The quantitative estimate of drug-likeness (QED) is 0.539. The number of amides is 1. The summed E-state index contributed by atoms with van der Waals surface area (Å²) in [5, 5.41) is 0. The van der Waals surface area contributed by atoms with Gasteiger partial charge in [-0.2, -0.15) is 13.2 Å². The molecule has 0 aliphatic carbocycles. The molecule has 1 aliphatic heterocycles. The number of hydrogen-bond acceptors (Lipinski definition) is 1. The second-order valence-electron chi connectivity index (χ2n) is 3.50. The van der Waals surface area contributed by atoms with Gasteiger partial charge in [0.1, 0.15) is 11.9 Å². The van der Waals surface area contributed by atoms with Gasteiger partial charge in [0, 0.05) is 5.69 Å². The molecule has 1 aromatic rings. The Morgan fingerprint density at radius 1 is 1.19 bits per heavy atom. The molecular formula is C10H7F4NO. The zero-order valence-electron chi connectivity index (χ0n) is 7.96. The first kappa shape index (κ1) is 10.9. The van der Waals surface area contributed by atoms with Crippen molar-refractivity contribution in [2.45, 2.75) is 18.6 Å². The lowest BCUT2D eigenvalue weighted by atomic mass is 10.00. The lowest BCUT2D eigenvalue weighted by Gasteiger charge is -2.41. The van der Waals surface area contributed by atoms with E-state index >= 15 is 0 Å². The van der Waals surface area contributed by atoms with Gasteiger partial charge in [-0.1, -0.05) is 0 Å². The van der Waals surface area contributed by atoms with Gasteiger partial charge in [-0.05, 0) is 24.3 Å². The molecule has 1 saturated heterocycles. The summed E-state index contributed by atoms with van der Waals surface area (Å²) in [4.78, 5) is 11.7. The Labute approximate surface area is 88.5 Å². The predicted molar refractivity (Wildman–Crippen MR) is 48.3 cm³/mol. The molecule has 0 spiro atoms. The van der Waals surface area contributed by atoms with Gasteiger partial charge in [-0.15, -0.1) is 0 Å². The Kier molecular flexibility index (Phi) is 2.36. The zero-order chi connectivity index (χ0) is 11.9. The number of alkyl halides is 3. The number of β-lactam (4-membered cyclic amide) rings is 1. The highest BCUT2D eigenvalue weighted by Gasteiger charge is 2.53. The summed E-state index contributed by atoms with van der Waals surface area (Å²) < 4.78 is 49.8. The third-order valence-corrected chi connectivity index (χ3v) is 2.43. The van der Waals surface area contributed by atoms with Crippen LogP contribution in [0.25, 0.3) is 0 Å². The summed E-state index contributed by atoms with van der Waals surface area (Å²) in [6.45, 7) is 0. The summed E-state index contributed by atoms with van der Waals surface area (Å²) in [6.07, 6.45) is -4.98. The lowest BCUT2D eigenvalue weighted by molar-refractivity contribution is -0.170. The van der Waals surface area contributed by atoms with Crippen LogP contribution < -0.4 is 4.90 Å². The van der Waals surface area contributed by atoms with Crippen molar-refractivity contribution >= 4 is 11.6 Å². The van der Waals surface area contributed by atoms with Crippen LogP contribution in [0, 0.1) is 5.82 Å². The topological polar surface area (TPSA) is 20.3 Å². The van der Waals surface area contributed by atoms with Crippen LogP contribution in [-0.2, 0) is 4.79 Å². The highest BCUT2D eigenvalue weighted by atomic mass is 19.4. The molecule has 86 valence electrons. The SMILES string of the molecule is O=C1C[C@@H](C(F)(F)F)N1c1ccc(F)cc1. The molecule has 0 N–H and O–H groups in total. The maximum Gasteiger partial charge on any atom is 0.409 e. The number of benzene rings is 1. The maximum atomic E-state index is 12.6. The first-order valence-electron chi connectivity index (χ1n) is 4.54. The molecule has 1 atom stereocenters. The van der Waals surface area contributed by atoms with Crippen LogP contribution in [0.15, 0.2) is 24.3 Å². The molecule has 1 fully saturated rings. The van der Waals surface area contributed by atoms with Crippen LogP contribution >= 0.6 is 0 Å². The van der Waals surface area contributed by atoms with E-state index in [9.17, 15) is 22.4 Å². The summed E-state index contributed by atoms with van der Waals surface area (Å²) in [5.41, 5.74) is 0.0694. The van der Waals surface area contributed by atoms with E-state index in [1.807, 2.05) is 0 Å². The molecule has 0 radical (unpaired) electrons. The largest absolute Gasteiger partial charge is 0.409 e. The van der Waals surface area contributed by atoms with E-state index in [0.29, 0.717) is 4.90 Å². The van der Waals surface area contributed by atoms with Gasteiger partial charge in [-0.3, -0.25) is 9.69 Å². The van der Waals surface area contributed by atoms with Crippen LogP contribution in [0.5, 0.6) is 0 Å². The molecule has 16 heavy (non-hydrogen) atoms. The van der Waals surface area contributed by atoms with Crippen molar-refractivity contribution in [1.29, 1.82) is 0 Å². The minimum absolute atomic E-state index is 0.0694. The van der Waals surface area contributed by atoms with Crippen LogP contribution in [-0.4, -0.2) is 18.1 Å². The second-order valence-corrected chi connectivity index (χ2v) is 3.50. The predicted octanol–water partition coefficient (Wildman–Crippen LogP) is 2.49. The molecule has 0 unspecified atom stereocenters. The van der Waals surface area contributed by atoms with Crippen LogP contribution in [0.1, 0.15) is 6.42 Å². The molecule has 1 aliphatic rings. The van der Waals surface area contributed by atoms with Crippen LogP contribution in [0.3, 0.4) is 0 Å². The molecule has 0 saturated carbocycles. The van der Waals surface area contributed by atoms with Crippen LogP contribution in [0.2, 0.25) is 0 Å². The lowest BCUT2D eigenvalue weighted by Crippen LogP contribution is -2.60. The average Bonchev–Trinajstić information content (AvgIpc) is 2.16. The summed E-state index contributed by atoms with van der Waals surface area (Å²) in [7, 11) is 0. The highest BCUT2D eigenvalue weighted by molar-refractivity contribution is 6.01. The van der Waals surface area contributed by atoms with Gasteiger partial charge in [0.2, 0.25) is 5.91 Å². The number of carbonyl (C=O) groups excluding carboxylic acids is 1. The monoisotopic (exact) mass is 233 g/mol. The Balaban J connectivity index is 2.26. The second kappa shape index (κ2) is 3.47. The number of halogens is 4. The van der Waals surface area contributed by atoms with Crippen molar-refractivity contribution in [3.05, 3.63) is 30.1 Å². The molecule has 2 nitrogen and oxygen atoms in total. The highest BCUT2D eigenvalue weighted by Crippen LogP contribution is 2.37. The minimum atomic E-state index is -4.44. The number of rotatable bonds is 1. The Morgan fingerprint density at radius 2 is 1.75 bits per heavy atom. The van der Waals surface area contributed by atoms with Crippen molar-refractivity contribution in [2.24, 2.45) is 0 Å². The molecule has 0 bridgehead atoms. The normalized spacial score (nSPS) is 20.9. The van der Waals surface area contributed by atoms with Crippen molar-refractivity contribution < 1.29 is 22.4 Å². The van der Waals surface area contributed by atoms with Gasteiger partial charge >= 0.3 is 6.18 Å². The smallest absolute Gasteiger partial charge is 0.300 e. The van der Waals surface area contributed by atoms with Gasteiger partial charge in [0.15, 0.2) is 0 Å². The Hall–Kier alpha value is -1.59. The van der Waals surface area contributed by atoms with E-state index in [0.717, 1.165) is 24.3 Å². The van der Waals surface area contributed by atoms with Gasteiger partial charge in [0.05, 0.1) is 6.42 Å². The molecule has 1 amide bonds. The minimum Gasteiger partial charge on any atom is -0.300 e. The third kappa shape index (κ3) is 1.75. The van der Waals surface area contributed by atoms with E-state index in [4.69, 9.17) is 0 Å². The molecule has 0 aromatic heterocycles. The number of anilines is 1. The van der Waals surface area contributed by atoms with E-state index in [-0.39, 0.29) is 5.69 Å². The molecular weight excluding hydrogens is 226 g/mol. The first-order chi connectivity index (χ1) is 7.39. The van der Waals surface area contributed by atoms with E-state index < -0.39 is 30.4 Å². The summed E-state index contributed by atoms with van der Waals surface area (Å²) in [5.74, 6) is -1.16. The number of nitrogens with zero attached hydrogens (tertiary/aromatic N) is 1. The van der Waals surface area contributed by atoms with Crippen molar-refractivity contribution in [2.75, 3.05) is 4.90 Å². The van der Waals surface area contributed by atoms with Gasteiger partial charge in [0.25, 0.3) is 0 Å². The summed E-state index contributed by atoms with van der Waals surface area (Å²) >= 11 is 0. The average molecular weight is 233 g/mol. The van der Waals surface area contributed by atoms with Crippen LogP contribution in [0.4, 0.5) is 23.2 Å². The third-order valence-electron chi connectivity index (χ3n) is 2.43. The fourth-order valence-corrected chi connectivity index (χ4v) is 1.60. The van der Waals surface area contributed by atoms with E-state index in [1.54, 1.807) is 0 Å². The fraction of sp³-hybridized carbons (Fsp3) is 0.300. The molecule has 2 rings (SSSR count). The zero-order valence-corrected chi connectivity index (χ0v) is 7.96. The Bertz CT molecular complexity index is 412. The molecule has 1 heterocycles. The van der Waals surface area contributed by atoms with E-state index in [2.05, 4.69) is 0 Å². The first-order valence-corrected chi connectivity index (χ1v) is 4.54. The standard InChI is InChI=1S/C10H7F4NO/c11-6-1-3-7(4-2-6)15-8(5-9(15)16)10(12,13)14/h1-4,8H,5H2/t8-/m0/s1. The summed E-state index contributed by atoms with van der Waals surface area (Å²) in [6, 6.07) is 2.57. The number of hydrogen-bond donors (Lipinski definition) is 0. The van der Waals surface area contributed by atoms with Crippen molar-refractivity contribution in [3.63, 3.8) is 0 Å². The molecule has 6 heteroatoms. The van der Waals surface area contributed by atoms with Crippen molar-refractivity contribution in [1.82, 2.24) is 0 Å². The maximum absolute atomic E-state index is 12.6. The molecule has 1 aromatic carbocycles. The number of carbonyl (C=O) groups is 1. The van der Waals surface area contributed by atoms with Gasteiger partial charge < -0.3 is 0 Å². The Morgan fingerprint density at radius 3 is 2.19 bits per heavy atom. The fourth-order valence-electron chi connectivity index (χ4n) is 1.60. The van der Waals surface area contributed by atoms with Crippen molar-refractivity contribution in [3.8, 4) is 0 Å². The van der Waals surface area contributed by atoms with E-state index in [1.165, 1.54) is 0 Å². The van der Waals surface area contributed by atoms with Gasteiger partial charge in [-0.25, -0.2) is 4.39 Å².